The number of fused-ring (bicyclic) bond motifs is 1. The van der Waals surface area contributed by atoms with E-state index in [2.05, 4.69) is 45.3 Å². The minimum absolute atomic E-state index is 0.181. The number of benzene rings is 1. The van der Waals surface area contributed by atoms with E-state index in [-0.39, 0.29) is 17.7 Å². The fourth-order valence-electron chi connectivity index (χ4n) is 5.48. The topological polar surface area (TPSA) is 65.5 Å². The average Bonchev–Trinajstić information content (AvgIpc) is 2.76. The largest absolute Gasteiger partial charge is 0.371 e. The molecule has 1 unspecified atom stereocenters. The van der Waals surface area contributed by atoms with Crippen molar-refractivity contribution in [3.63, 3.8) is 0 Å². The Kier molecular flexibility index (Phi) is 4.97. The number of amides is 2. The molecule has 158 valence electrons. The molecule has 0 bridgehead atoms. The number of nitrogens with one attached hydrogen (secondary N) is 1. The Hall–Kier alpha value is -2.47. The zero-order valence-corrected chi connectivity index (χ0v) is 17.7. The van der Waals surface area contributed by atoms with Crippen LogP contribution >= 0.6 is 0 Å². The Morgan fingerprint density at radius 1 is 1.03 bits per heavy atom. The highest BCUT2D eigenvalue weighted by Crippen LogP contribution is 2.42. The number of anilines is 1. The summed E-state index contributed by atoms with van der Waals surface area (Å²) >= 11 is 0. The minimum Gasteiger partial charge on any atom is -0.371 e. The summed E-state index contributed by atoms with van der Waals surface area (Å²) in [4.78, 5) is 33.2. The van der Waals surface area contributed by atoms with Gasteiger partial charge in [-0.25, -0.2) is 0 Å². The van der Waals surface area contributed by atoms with Crippen LogP contribution in [0.5, 0.6) is 0 Å². The predicted molar refractivity (Wildman–Crippen MR) is 117 cm³/mol. The molecule has 1 N–H and O–H groups in total. The fourth-order valence-corrected chi connectivity index (χ4v) is 5.48. The highest BCUT2D eigenvalue weighted by molar-refractivity contribution is 6.03. The van der Waals surface area contributed by atoms with Crippen molar-refractivity contribution >= 4 is 28.3 Å². The zero-order valence-electron chi connectivity index (χ0n) is 17.7. The second-order valence-corrected chi connectivity index (χ2v) is 9.43. The molecule has 4 heterocycles. The predicted octanol–water partition coefficient (Wildman–Crippen LogP) is 3.07. The van der Waals surface area contributed by atoms with E-state index in [1.807, 2.05) is 6.20 Å². The van der Waals surface area contributed by atoms with Gasteiger partial charge in [-0.2, -0.15) is 0 Å². The molecule has 5 rings (SSSR count). The van der Waals surface area contributed by atoms with Crippen LogP contribution in [0, 0.1) is 5.41 Å². The molecule has 2 aromatic rings. The van der Waals surface area contributed by atoms with E-state index in [1.165, 1.54) is 44.5 Å². The van der Waals surface area contributed by atoms with Crippen molar-refractivity contribution in [2.45, 2.75) is 44.4 Å². The van der Waals surface area contributed by atoms with Crippen molar-refractivity contribution in [3.8, 4) is 0 Å². The summed E-state index contributed by atoms with van der Waals surface area (Å²) in [6, 6.07) is 6.53. The zero-order chi connectivity index (χ0) is 20.7. The summed E-state index contributed by atoms with van der Waals surface area (Å²) in [5, 5.41) is 4.60. The molecule has 0 radical (unpaired) electrons. The first-order chi connectivity index (χ1) is 14.5. The summed E-state index contributed by atoms with van der Waals surface area (Å²) < 4.78 is 0. The molecule has 30 heavy (non-hydrogen) atoms. The molecule has 2 amide bonds. The number of rotatable bonds is 2. The minimum atomic E-state index is -0.302. The first-order valence-corrected chi connectivity index (χ1v) is 11.2. The number of hydrogen-bond acceptors (Lipinski definition) is 5. The van der Waals surface area contributed by atoms with Gasteiger partial charge in [-0.05, 0) is 80.7 Å². The van der Waals surface area contributed by atoms with Gasteiger partial charge in [0.2, 0.25) is 11.8 Å². The van der Waals surface area contributed by atoms with Gasteiger partial charge >= 0.3 is 0 Å². The summed E-state index contributed by atoms with van der Waals surface area (Å²) in [5.74, 6) is -0.688. The monoisotopic (exact) mass is 406 g/mol. The molecule has 6 nitrogen and oxygen atoms in total. The third kappa shape index (κ3) is 3.58. The number of hydrogen-bond donors (Lipinski definition) is 1. The van der Waals surface area contributed by atoms with Crippen LogP contribution in [-0.4, -0.2) is 54.9 Å². The second kappa shape index (κ2) is 7.65. The van der Waals surface area contributed by atoms with Crippen molar-refractivity contribution in [3.05, 3.63) is 36.2 Å². The first kappa shape index (κ1) is 19.5. The van der Waals surface area contributed by atoms with Gasteiger partial charge in [0.15, 0.2) is 0 Å². The molecule has 1 aromatic carbocycles. The van der Waals surface area contributed by atoms with Crippen molar-refractivity contribution in [2.75, 3.05) is 38.1 Å². The van der Waals surface area contributed by atoms with Crippen molar-refractivity contribution < 1.29 is 9.59 Å². The lowest BCUT2D eigenvalue weighted by molar-refractivity contribution is -0.134. The lowest BCUT2D eigenvalue weighted by Gasteiger charge is -2.47. The Balaban J connectivity index is 1.35. The van der Waals surface area contributed by atoms with E-state index in [0.29, 0.717) is 18.3 Å². The van der Waals surface area contributed by atoms with E-state index in [4.69, 9.17) is 0 Å². The Bertz CT molecular complexity index is 970. The number of imide groups is 1. The van der Waals surface area contributed by atoms with E-state index in [1.54, 1.807) is 6.20 Å². The quantitative estimate of drug-likeness (QED) is 0.777. The van der Waals surface area contributed by atoms with Gasteiger partial charge in [0, 0.05) is 43.0 Å². The summed E-state index contributed by atoms with van der Waals surface area (Å²) in [5.41, 5.74) is 2.71. The van der Waals surface area contributed by atoms with E-state index >= 15 is 0 Å². The smallest absolute Gasteiger partial charge is 0.234 e. The maximum Gasteiger partial charge on any atom is 0.234 e. The van der Waals surface area contributed by atoms with Crippen molar-refractivity contribution in [1.29, 1.82) is 0 Å². The van der Waals surface area contributed by atoms with Crippen LogP contribution in [-0.2, 0) is 9.59 Å². The maximum atomic E-state index is 12.4. The van der Waals surface area contributed by atoms with Gasteiger partial charge < -0.3 is 9.80 Å². The van der Waals surface area contributed by atoms with Crippen LogP contribution in [0.1, 0.15) is 50.0 Å². The third-order valence-electron chi connectivity index (χ3n) is 7.62. The second-order valence-electron chi connectivity index (χ2n) is 9.43. The number of likely N-dealkylation sites (tertiary alicyclic amines) is 1. The van der Waals surface area contributed by atoms with E-state index < -0.39 is 0 Å². The molecule has 1 atom stereocenters. The van der Waals surface area contributed by atoms with Gasteiger partial charge in [-0.15, -0.1) is 0 Å². The normalized spacial score (nSPS) is 25.0. The van der Waals surface area contributed by atoms with Crippen LogP contribution < -0.4 is 10.2 Å². The SMILES string of the molecule is CN1CCC2(CC1)CCN(c1ccc3c(C4CCC(=O)NC4=O)cncc3c1)CC2. The average molecular weight is 407 g/mol. The van der Waals surface area contributed by atoms with Gasteiger partial charge in [0.05, 0.1) is 5.92 Å². The summed E-state index contributed by atoms with van der Waals surface area (Å²) in [6.45, 7) is 4.67. The number of aromatic nitrogens is 1. The molecule has 3 aliphatic heterocycles. The molecular formula is C24H30N4O2. The Labute approximate surface area is 177 Å². The van der Waals surface area contributed by atoms with Crippen LogP contribution in [0.15, 0.2) is 30.6 Å². The van der Waals surface area contributed by atoms with Crippen molar-refractivity contribution in [1.82, 2.24) is 15.2 Å². The lowest BCUT2D eigenvalue weighted by Crippen LogP contribution is -2.46. The van der Waals surface area contributed by atoms with Crippen LogP contribution in [0.2, 0.25) is 0 Å². The van der Waals surface area contributed by atoms with E-state index in [9.17, 15) is 9.59 Å². The molecule has 1 spiro atoms. The standard InChI is InChI=1S/C24H30N4O2/c1-27-10-6-24(7-11-27)8-12-28(13-9-24)18-2-3-19-17(14-18)15-25-16-21(19)20-4-5-22(29)26-23(20)30/h2-3,14-16,20H,4-13H2,1H3,(H,26,29,30). The number of carbonyl (C=O) groups excluding carboxylic acids is 2. The Morgan fingerprint density at radius 2 is 1.77 bits per heavy atom. The molecule has 0 aliphatic carbocycles. The number of piperidine rings is 3. The molecule has 3 saturated heterocycles. The first-order valence-electron chi connectivity index (χ1n) is 11.2. The van der Waals surface area contributed by atoms with Crippen molar-refractivity contribution in [2.24, 2.45) is 5.41 Å². The molecule has 3 aliphatic rings. The number of nitrogens with zero attached hydrogens (tertiary/aromatic N) is 3. The lowest BCUT2D eigenvalue weighted by atomic mass is 9.71. The molecule has 3 fully saturated rings. The Morgan fingerprint density at radius 3 is 2.50 bits per heavy atom. The molecular weight excluding hydrogens is 376 g/mol. The highest BCUT2D eigenvalue weighted by Gasteiger charge is 2.37. The molecule has 6 heteroatoms. The van der Waals surface area contributed by atoms with Crippen LogP contribution in [0.25, 0.3) is 10.8 Å². The molecule has 1 aromatic heterocycles. The fraction of sp³-hybridized carbons (Fsp3) is 0.542. The van der Waals surface area contributed by atoms with Gasteiger partial charge in [-0.1, -0.05) is 6.07 Å². The summed E-state index contributed by atoms with van der Waals surface area (Å²) in [7, 11) is 2.23. The number of pyridine rings is 1. The van der Waals surface area contributed by atoms with Crippen LogP contribution in [0.3, 0.4) is 0 Å². The van der Waals surface area contributed by atoms with Gasteiger partial charge in [0.25, 0.3) is 0 Å². The maximum absolute atomic E-state index is 12.4. The number of carbonyl (C=O) groups is 2. The summed E-state index contributed by atoms with van der Waals surface area (Å²) in [6.07, 6.45) is 9.81. The van der Waals surface area contributed by atoms with E-state index in [0.717, 1.165) is 29.4 Å². The van der Waals surface area contributed by atoms with Gasteiger partial charge in [0.1, 0.15) is 0 Å². The third-order valence-corrected chi connectivity index (χ3v) is 7.62. The highest BCUT2D eigenvalue weighted by atomic mass is 16.2. The molecule has 0 saturated carbocycles. The van der Waals surface area contributed by atoms with Crippen LogP contribution in [0.4, 0.5) is 5.69 Å². The van der Waals surface area contributed by atoms with Gasteiger partial charge in [-0.3, -0.25) is 19.9 Å².